The first-order chi connectivity index (χ1) is 28.2. The van der Waals surface area contributed by atoms with Crippen LogP contribution in [0.5, 0.6) is 11.5 Å². The first kappa shape index (κ1) is 46.0. The largest absolute Gasteiger partial charge is 0.494 e. The average Bonchev–Trinajstić information content (AvgIpc) is 3.26. The highest BCUT2D eigenvalue weighted by molar-refractivity contribution is 5.82. The summed E-state index contributed by atoms with van der Waals surface area (Å²) in [5, 5.41) is 0. The lowest BCUT2D eigenvalue weighted by atomic mass is 10.0. The van der Waals surface area contributed by atoms with Crippen molar-refractivity contribution in [3.05, 3.63) is 135 Å². The van der Waals surface area contributed by atoms with Gasteiger partial charge < -0.3 is 37.9 Å². The maximum Gasteiger partial charge on any atom is 0.330 e. The van der Waals surface area contributed by atoms with E-state index >= 15 is 0 Å². The predicted octanol–water partition coefficient (Wildman–Crippen LogP) is 6.76. The van der Waals surface area contributed by atoms with Crippen LogP contribution < -0.4 is 9.47 Å². The number of ether oxygens (including phenoxy) is 8. The molecule has 0 bridgehead atoms. The summed E-state index contributed by atoms with van der Waals surface area (Å²) in [4.78, 5) is 45.7. The van der Waals surface area contributed by atoms with E-state index in [0.717, 1.165) is 83.7 Å². The number of hydrogen-bond donors (Lipinski definition) is 0. The molecule has 12 heteroatoms. The molecule has 2 unspecified atom stereocenters. The molecule has 0 heterocycles. The summed E-state index contributed by atoms with van der Waals surface area (Å²) < 4.78 is 43.1. The van der Waals surface area contributed by atoms with Gasteiger partial charge in [-0.25, -0.2) is 19.2 Å². The van der Waals surface area contributed by atoms with Crippen molar-refractivity contribution in [2.75, 3.05) is 52.9 Å². The average molecular weight is 795 g/mol. The molecule has 0 aromatic heterocycles. The van der Waals surface area contributed by atoms with Crippen LogP contribution >= 0.6 is 0 Å². The highest BCUT2D eigenvalue weighted by atomic mass is 16.6. The Hall–Kier alpha value is -6.42. The standard InChI is InChI=1S/C46H50O12/c1-5-43(47)55-33-41(57-45(49)7-3)31-51-27-9-11-29-53-39-23-17-36(18-24-39)14-13-35-15-19-37(20-16-35)38-21-25-40(26-22-38)54-30-12-10-28-52-32-42(58-46(50)8-4)34-56-44(48)6-2/h5-8,15-26,41-42H,1-4,9-12,27-34H2. The topological polar surface area (TPSA) is 142 Å². The summed E-state index contributed by atoms with van der Waals surface area (Å²) in [5.41, 5.74) is 3.87. The van der Waals surface area contributed by atoms with E-state index in [1.54, 1.807) is 0 Å². The Morgan fingerprint density at radius 2 is 0.810 bits per heavy atom. The molecule has 2 atom stereocenters. The SMILES string of the molecule is C=CC(=O)OCC(COCCCCOc1ccc(C#Cc2ccc(-c3ccc(OCCCCOCC(COC(=O)C=C)OC(=O)C=C)cc3)cc2)cc1)OC(=O)C=C. The molecule has 12 nitrogen and oxygen atoms in total. The van der Waals surface area contributed by atoms with Gasteiger partial charge in [-0.05, 0) is 85.3 Å². The molecular formula is C46H50O12. The molecule has 0 fully saturated rings. The Balaban J connectivity index is 1.32. The summed E-state index contributed by atoms with van der Waals surface area (Å²) in [6.07, 6.45) is 5.60. The Labute approximate surface area is 340 Å². The third kappa shape index (κ3) is 18.9. The van der Waals surface area contributed by atoms with Crippen LogP contribution in [-0.4, -0.2) is 88.9 Å². The Morgan fingerprint density at radius 3 is 1.21 bits per heavy atom. The van der Waals surface area contributed by atoms with E-state index in [0.29, 0.717) is 26.4 Å². The molecule has 3 aromatic rings. The Morgan fingerprint density at radius 1 is 0.466 bits per heavy atom. The monoisotopic (exact) mass is 794 g/mol. The van der Waals surface area contributed by atoms with Crippen molar-refractivity contribution in [3.63, 3.8) is 0 Å². The molecule has 0 aliphatic heterocycles. The molecule has 58 heavy (non-hydrogen) atoms. The van der Waals surface area contributed by atoms with Crippen molar-refractivity contribution >= 4 is 23.9 Å². The van der Waals surface area contributed by atoms with Crippen LogP contribution in [0.1, 0.15) is 36.8 Å². The van der Waals surface area contributed by atoms with E-state index < -0.39 is 36.1 Å². The normalized spacial score (nSPS) is 11.3. The molecule has 0 N–H and O–H groups in total. The quantitative estimate of drug-likeness (QED) is 0.0265. The molecule has 0 saturated heterocycles. The van der Waals surface area contributed by atoms with E-state index in [1.807, 2.05) is 72.8 Å². The molecule has 0 radical (unpaired) electrons. The zero-order valence-electron chi connectivity index (χ0n) is 32.6. The van der Waals surface area contributed by atoms with Gasteiger partial charge in [-0.3, -0.25) is 0 Å². The second-order valence-corrected chi connectivity index (χ2v) is 12.3. The van der Waals surface area contributed by atoms with Crippen molar-refractivity contribution in [1.29, 1.82) is 0 Å². The molecule has 0 aliphatic carbocycles. The molecule has 3 aromatic carbocycles. The van der Waals surface area contributed by atoms with Gasteiger partial charge in [0.15, 0.2) is 12.2 Å². The van der Waals surface area contributed by atoms with Gasteiger partial charge in [-0.1, -0.05) is 62.4 Å². The molecule has 0 aliphatic rings. The third-order valence-electron chi connectivity index (χ3n) is 7.84. The zero-order chi connectivity index (χ0) is 41.8. The van der Waals surface area contributed by atoms with E-state index in [9.17, 15) is 19.2 Å². The fraction of sp³-hybridized carbons (Fsp3) is 0.304. The molecule has 306 valence electrons. The molecule has 0 spiro atoms. The summed E-state index contributed by atoms with van der Waals surface area (Å²) >= 11 is 0. The van der Waals surface area contributed by atoms with Gasteiger partial charge in [0.05, 0.1) is 26.4 Å². The molecule has 3 rings (SSSR count). The van der Waals surface area contributed by atoms with Gasteiger partial charge in [0.1, 0.15) is 24.7 Å². The number of carbonyl (C=O) groups is 4. The van der Waals surface area contributed by atoms with Crippen LogP contribution in [-0.2, 0) is 47.6 Å². The predicted molar refractivity (Wildman–Crippen MR) is 218 cm³/mol. The summed E-state index contributed by atoms with van der Waals surface area (Å²) in [6, 6.07) is 23.5. The second-order valence-electron chi connectivity index (χ2n) is 12.3. The van der Waals surface area contributed by atoms with Crippen LogP contribution in [0, 0.1) is 11.8 Å². The number of unbranched alkanes of at least 4 members (excludes halogenated alkanes) is 2. The maximum absolute atomic E-state index is 11.5. The highest BCUT2D eigenvalue weighted by Gasteiger charge is 2.16. The third-order valence-corrected chi connectivity index (χ3v) is 7.84. The fourth-order valence-corrected chi connectivity index (χ4v) is 4.82. The number of benzene rings is 3. The summed E-state index contributed by atoms with van der Waals surface area (Å²) in [5.74, 6) is 5.42. The second kappa shape index (κ2) is 27.2. The van der Waals surface area contributed by atoms with E-state index in [-0.39, 0.29) is 26.4 Å². The van der Waals surface area contributed by atoms with E-state index in [1.165, 1.54) is 0 Å². The number of carbonyl (C=O) groups excluding carboxylic acids is 4. The maximum atomic E-state index is 11.5. The van der Waals surface area contributed by atoms with Crippen molar-refractivity contribution in [2.24, 2.45) is 0 Å². The van der Waals surface area contributed by atoms with E-state index in [2.05, 4.69) is 38.2 Å². The lowest BCUT2D eigenvalue weighted by molar-refractivity contribution is -0.156. The van der Waals surface area contributed by atoms with Crippen molar-refractivity contribution < 1.29 is 57.1 Å². The Bertz CT molecular complexity index is 1840. The van der Waals surface area contributed by atoms with Crippen molar-refractivity contribution in [3.8, 4) is 34.5 Å². The minimum atomic E-state index is -0.743. The van der Waals surface area contributed by atoms with Crippen molar-refractivity contribution in [2.45, 2.75) is 37.9 Å². The van der Waals surface area contributed by atoms with Crippen molar-refractivity contribution in [1.82, 2.24) is 0 Å². The number of esters is 4. The molecule has 0 saturated carbocycles. The summed E-state index contributed by atoms with van der Waals surface area (Å²) in [7, 11) is 0. The van der Waals surface area contributed by atoms with Gasteiger partial charge in [0.25, 0.3) is 0 Å². The lowest BCUT2D eigenvalue weighted by Crippen LogP contribution is -2.29. The fourth-order valence-electron chi connectivity index (χ4n) is 4.82. The zero-order valence-corrected chi connectivity index (χ0v) is 32.6. The minimum Gasteiger partial charge on any atom is -0.494 e. The van der Waals surface area contributed by atoms with Gasteiger partial charge >= 0.3 is 23.9 Å². The molecular weight excluding hydrogens is 744 g/mol. The smallest absolute Gasteiger partial charge is 0.330 e. The Kier molecular flexibility index (Phi) is 21.6. The highest BCUT2D eigenvalue weighted by Crippen LogP contribution is 2.23. The van der Waals surface area contributed by atoms with Gasteiger partial charge in [-0.15, -0.1) is 0 Å². The van der Waals surface area contributed by atoms with E-state index in [4.69, 9.17) is 37.9 Å². The van der Waals surface area contributed by atoms with Gasteiger partial charge in [0.2, 0.25) is 0 Å². The van der Waals surface area contributed by atoms with Crippen LogP contribution in [0.15, 0.2) is 123 Å². The number of rotatable bonds is 27. The minimum absolute atomic E-state index is 0.0771. The lowest BCUT2D eigenvalue weighted by Gasteiger charge is -2.17. The van der Waals surface area contributed by atoms with Gasteiger partial charge in [-0.2, -0.15) is 0 Å². The van der Waals surface area contributed by atoms with Gasteiger partial charge in [0, 0.05) is 48.6 Å². The molecule has 0 amide bonds. The summed E-state index contributed by atoms with van der Waals surface area (Å²) in [6.45, 7) is 15.1. The first-order valence-corrected chi connectivity index (χ1v) is 18.7. The van der Waals surface area contributed by atoms with Crippen LogP contribution in [0.25, 0.3) is 11.1 Å². The first-order valence-electron chi connectivity index (χ1n) is 18.7. The van der Waals surface area contributed by atoms with Crippen LogP contribution in [0.3, 0.4) is 0 Å². The van der Waals surface area contributed by atoms with Crippen LogP contribution in [0.4, 0.5) is 0 Å². The van der Waals surface area contributed by atoms with Crippen LogP contribution in [0.2, 0.25) is 0 Å². The number of hydrogen-bond acceptors (Lipinski definition) is 12.